The molecule has 2 atom stereocenters. The van der Waals surface area contributed by atoms with Gasteiger partial charge in [0.05, 0.1) is 12.2 Å². The van der Waals surface area contributed by atoms with Gasteiger partial charge in [0.2, 0.25) is 12.3 Å². The smallest absolute Gasteiger partial charge is 0.275 e. The highest BCUT2D eigenvalue weighted by atomic mass is 19.1. The van der Waals surface area contributed by atoms with Gasteiger partial charge in [0, 0.05) is 59.0 Å². The molecule has 0 radical (unpaired) electrons. The molecule has 176 valence electrons. The molecule has 1 amide bonds. The Bertz CT molecular complexity index is 1040. The normalized spacial score (nSPS) is 19.8. The number of carbonyl (C=O) groups is 1. The Kier molecular flexibility index (Phi) is 6.47. The Morgan fingerprint density at radius 3 is 2.42 bits per heavy atom. The predicted octanol–water partition coefficient (Wildman–Crippen LogP) is 1.43. The summed E-state index contributed by atoms with van der Waals surface area (Å²) in [7, 11) is 3.02. The Hall–Kier alpha value is -3.25. The van der Waals surface area contributed by atoms with Crippen LogP contribution in [-0.2, 0) is 0 Å². The number of hydrogen-bond acceptors (Lipinski definition) is 8. The minimum absolute atomic E-state index is 0.225. The molecule has 1 fully saturated rings. The van der Waals surface area contributed by atoms with Gasteiger partial charge < -0.3 is 14.9 Å². The molecule has 1 aromatic carbocycles. The van der Waals surface area contributed by atoms with Crippen LogP contribution in [0, 0.1) is 17.5 Å². The van der Waals surface area contributed by atoms with Crippen LogP contribution in [0.1, 0.15) is 28.5 Å². The van der Waals surface area contributed by atoms with Gasteiger partial charge in [0.25, 0.3) is 5.91 Å². The summed E-state index contributed by atoms with van der Waals surface area (Å²) in [5.41, 5.74) is 0.0875. The second kappa shape index (κ2) is 9.32. The minimum atomic E-state index is -1.11. The van der Waals surface area contributed by atoms with Crippen molar-refractivity contribution >= 4 is 18.1 Å². The van der Waals surface area contributed by atoms with Crippen molar-refractivity contribution < 1.29 is 23.1 Å². The minimum Gasteiger partial charge on any atom is -0.360 e. The maximum atomic E-state index is 14.0. The lowest BCUT2D eigenvalue weighted by atomic mass is 10.0. The first-order chi connectivity index (χ1) is 15.7. The third kappa shape index (κ3) is 4.76. The molecule has 4 rings (SSSR count). The van der Waals surface area contributed by atoms with E-state index in [1.807, 2.05) is 0 Å². The molecule has 0 spiro atoms. The van der Waals surface area contributed by atoms with Crippen molar-refractivity contribution in [2.75, 3.05) is 45.2 Å². The summed E-state index contributed by atoms with van der Waals surface area (Å²) in [6.07, 6.45) is 1.87. The van der Waals surface area contributed by atoms with Gasteiger partial charge in [-0.2, -0.15) is 5.10 Å². The van der Waals surface area contributed by atoms with Gasteiger partial charge >= 0.3 is 0 Å². The van der Waals surface area contributed by atoms with E-state index < -0.39 is 35.8 Å². The Balaban J connectivity index is 1.43. The summed E-state index contributed by atoms with van der Waals surface area (Å²) in [6, 6.07) is 2.77. The average Bonchev–Trinajstić information content (AvgIpc) is 3.28. The predicted molar refractivity (Wildman–Crippen MR) is 114 cm³/mol. The van der Waals surface area contributed by atoms with E-state index in [1.165, 1.54) is 36.1 Å². The second-order valence-electron chi connectivity index (χ2n) is 8.07. The zero-order valence-electron chi connectivity index (χ0n) is 18.2. The Morgan fingerprint density at radius 2 is 1.79 bits per heavy atom. The molecule has 1 N–H and O–H groups in total. The first-order valence-corrected chi connectivity index (χ1v) is 10.4. The molecule has 0 aliphatic carbocycles. The van der Waals surface area contributed by atoms with Crippen LogP contribution in [0.4, 0.5) is 19.1 Å². The summed E-state index contributed by atoms with van der Waals surface area (Å²) in [6.45, 7) is 1.62. The number of hydrazone groups is 1. The maximum absolute atomic E-state index is 14.0. The van der Waals surface area contributed by atoms with E-state index >= 15 is 0 Å². The number of amides is 1. The van der Waals surface area contributed by atoms with Crippen molar-refractivity contribution in [2.24, 2.45) is 5.10 Å². The lowest BCUT2D eigenvalue weighted by molar-refractivity contribution is -0.126. The Morgan fingerprint density at radius 1 is 1.12 bits per heavy atom. The SMILES string of the molecule is CN(C)C(=O)c1nc(N2CCN(C(O)N3N=CC[C@H]3c3cc(F)cc(F)c3)CC2)ncc1F. The zero-order chi connectivity index (χ0) is 23.7. The first-order valence-electron chi connectivity index (χ1n) is 10.4. The quantitative estimate of drug-likeness (QED) is 0.718. The van der Waals surface area contributed by atoms with Gasteiger partial charge in [-0.3, -0.25) is 9.69 Å². The largest absolute Gasteiger partial charge is 0.360 e. The molecule has 0 saturated carbocycles. The molecular weight excluding hydrogens is 439 g/mol. The van der Waals surface area contributed by atoms with E-state index in [4.69, 9.17) is 0 Å². The first kappa shape index (κ1) is 22.9. The Labute approximate surface area is 188 Å². The van der Waals surface area contributed by atoms with Crippen molar-refractivity contribution in [2.45, 2.75) is 18.8 Å². The van der Waals surface area contributed by atoms with Gasteiger partial charge in [-0.1, -0.05) is 0 Å². The molecule has 9 nitrogen and oxygen atoms in total. The number of aliphatic hydroxyl groups is 1. The molecule has 2 aliphatic heterocycles. The maximum Gasteiger partial charge on any atom is 0.275 e. The summed E-state index contributed by atoms with van der Waals surface area (Å²) in [5.74, 6) is -2.50. The summed E-state index contributed by atoms with van der Waals surface area (Å²) < 4.78 is 41.4. The molecule has 2 aliphatic rings. The van der Waals surface area contributed by atoms with E-state index in [9.17, 15) is 23.1 Å². The van der Waals surface area contributed by atoms with Gasteiger partial charge in [-0.15, -0.1) is 0 Å². The van der Waals surface area contributed by atoms with Gasteiger partial charge in [-0.25, -0.2) is 28.1 Å². The van der Waals surface area contributed by atoms with E-state index in [0.29, 0.717) is 38.2 Å². The molecule has 0 bridgehead atoms. The van der Waals surface area contributed by atoms with E-state index in [-0.39, 0.29) is 11.6 Å². The van der Waals surface area contributed by atoms with E-state index in [0.717, 1.165) is 12.3 Å². The lowest BCUT2D eigenvalue weighted by Gasteiger charge is -2.41. The van der Waals surface area contributed by atoms with Crippen molar-refractivity contribution in [1.82, 2.24) is 24.8 Å². The molecule has 33 heavy (non-hydrogen) atoms. The second-order valence-corrected chi connectivity index (χ2v) is 8.07. The monoisotopic (exact) mass is 463 g/mol. The van der Waals surface area contributed by atoms with Crippen LogP contribution in [0.3, 0.4) is 0 Å². The zero-order valence-corrected chi connectivity index (χ0v) is 18.2. The van der Waals surface area contributed by atoms with Crippen molar-refractivity contribution in [3.63, 3.8) is 0 Å². The standard InChI is InChI=1S/C21H24F3N7O2/c1-28(2)19(32)18-16(24)12-25-20(27-18)29-5-7-30(8-6-29)21(33)31-17(3-4-26-31)13-9-14(22)11-15(23)10-13/h4,9-12,17,21,33H,3,5-8H2,1-2H3/t17-,21?/m0/s1. The van der Waals surface area contributed by atoms with Gasteiger partial charge in [0.1, 0.15) is 11.6 Å². The van der Waals surface area contributed by atoms with Crippen LogP contribution >= 0.6 is 0 Å². The number of nitrogens with zero attached hydrogens (tertiary/aromatic N) is 7. The number of benzene rings is 1. The van der Waals surface area contributed by atoms with Crippen LogP contribution in [0.15, 0.2) is 29.5 Å². The number of aromatic nitrogens is 2. The van der Waals surface area contributed by atoms with E-state index in [2.05, 4.69) is 15.1 Å². The molecular formula is C21H24F3N7O2. The van der Waals surface area contributed by atoms with E-state index in [1.54, 1.807) is 16.0 Å². The topological polar surface area (TPSA) is 88.4 Å². The molecule has 1 unspecified atom stereocenters. The van der Waals surface area contributed by atoms with Crippen molar-refractivity contribution in [1.29, 1.82) is 0 Å². The van der Waals surface area contributed by atoms with Crippen LogP contribution in [0.25, 0.3) is 0 Å². The van der Waals surface area contributed by atoms with Crippen molar-refractivity contribution in [3.05, 3.63) is 53.1 Å². The number of anilines is 1. The highest BCUT2D eigenvalue weighted by molar-refractivity contribution is 5.92. The number of aliphatic hydroxyl groups excluding tert-OH is 1. The fraction of sp³-hybridized carbons (Fsp3) is 0.429. The molecule has 12 heteroatoms. The fourth-order valence-electron chi connectivity index (χ4n) is 3.90. The number of rotatable bonds is 5. The van der Waals surface area contributed by atoms with Gasteiger partial charge in [-0.05, 0) is 17.7 Å². The third-order valence-corrected chi connectivity index (χ3v) is 5.63. The number of halogens is 3. The molecule has 3 heterocycles. The van der Waals surface area contributed by atoms with Crippen molar-refractivity contribution in [3.8, 4) is 0 Å². The van der Waals surface area contributed by atoms with Crippen LogP contribution in [0.5, 0.6) is 0 Å². The molecule has 1 saturated heterocycles. The van der Waals surface area contributed by atoms with Crippen LogP contribution < -0.4 is 4.90 Å². The number of hydrogen-bond donors (Lipinski definition) is 1. The fourth-order valence-corrected chi connectivity index (χ4v) is 3.90. The summed E-state index contributed by atoms with van der Waals surface area (Å²) in [5, 5.41) is 16.6. The molecule has 2 aromatic rings. The highest BCUT2D eigenvalue weighted by Crippen LogP contribution is 2.31. The molecule has 1 aromatic heterocycles. The third-order valence-electron chi connectivity index (χ3n) is 5.63. The lowest BCUT2D eigenvalue weighted by Crippen LogP contribution is -2.55. The van der Waals surface area contributed by atoms with Crippen LogP contribution in [-0.4, -0.2) is 88.6 Å². The average molecular weight is 463 g/mol. The van der Waals surface area contributed by atoms with Crippen LogP contribution in [0.2, 0.25) is 0 Å². The summed E-state index contributed by atoms with van der Waals surface area (Å²) >= 11 is 0. The number of carbonyl (C=O) groups excluding carboxylic acids is 1. The van der Waals surface area contributed by atoms with Gasteiger partial charge in [0.15, 0.2) is 11.5 Å². The number of piperazine rings is 1. The highest BCUT2D eigenvalue weighted by Gasteiger charge is 2.34. The summed E-state index contributed by atoms with van der Waals surface area (Å²) in [4.78, 5) is 25.0.